The van der Waals surface area contributed by atoms with Crippen LogP contribution in [-0.4, -0.2) is 42.0 Å². The van der Waals surface area contributed by atoms with Crippen molar-refractivity contribution < 1.29 is 9.53 Å². The Hall–Kier alpha value is -0.410. The number of ether oxygens (including phenoxy) is 1. The standard InChI is InChI=1S/C13H23NO2/c1-10-6-7-12(16-10)9-14-8-4-3-5-13(14)11(2)15/h10,12-13H,3-9H2,1-2H3. The molecule has 3 unspecified atom stereocenters. The molecule has 0 bridgehead atoms. The van der Waals surface area contributed by atoms with Crippen LogP contribution in [0.1, 0.15) is 46.0 Å². The molecule has 2 saturated heterocycles. The van der Waals surface area contributed by atoms with E-state index in [9.17, 15) is 4.79 Å². The Morgan fingerprint density at radius 3 is 2.75 bits per heavy atom. The molecule has 0 aromatic rings. The molecule has 2 fully saturated rings. The molecule has 3 atom stereocenters. The molecule has 0 radical (unpaired) electrons. The third-order valence-electron chi connectivity index (χ3n) is 3.84. The molecule has 0 aromatic heterocycles. The molecular formula is C13H23NO2. The van der Waals surface area contributed by atoms with Gasteiger partial charge in [0, 0.05) is 6.54 Å². The van der Waals surface area contributed by atoms with Crippen molar-refractivity contribution in [3.05, 3.63) is 0 Å². The van der Waals surface area contributed by atoms with E-state index in [1.54, 1.807) is 6.92 Å². The highest BCUT2D eigenvalue weighted by atomic mass is 16.5. The maximum absolute atomic E-state index is 11.6. The molecule has 2 aliphatic rings. The van der Waals surface area contributed by atoms with Crippen molar-refractivity contribution in [2.75, 3.05) is 13.1 Å². The minimum absolute atomic E-state index is 0.160. The van der Waals surface area contributed by atoms with Gasteiger partial charge in [-0.3, -0.25) is 9.69 Å². The molecule has 0 amide bonds. The molecular weight excluding hydrogens is 202 g/mol. The van der Waals surface area contributed by atoms with E-state index >= 15 is 0 Å². The van der Waals surface area contributed by atoms with E-state index in [1.807, 2.05) is 0 Å². The van der Waals surface area contributed by atoms with Crippen LogP contribution in [0.25, 0.3) is 0 Å². The highest BCUT2D eigenvalue weighted by molar-refractivity contribution is 5.81. The van der Waals surface area contributed by atoms with E-state index in [1.165, 1.54) is 19.3 Å². The lowest BCUT2D eigenvalue weighted by atomic mass is 9.98. The minimum atomic E-state index is 0.160. The van der Waals surface area contributed by atoms with Crippen LogP contribution >= 0.6 is 0 Å². The van der Waals surface area contributed by atoms with Crippen LogP contribution in [0.4, 0.5) is 0 Å². The number of hydrogen-bond donors (Lipinski definition) is 0. The summed E-state index contributed by atoms with van der Waals surface area (Å²) < 4.78 is 5.84. The Balaban J connectivity index is 1.88. The van der Waals surface area contributed by atoms with Crippen LogP contribution in [-0.2, 0) is 9.53 Å². The molecule has 92 valence electrons. The molecule has 0 spiro atoms. The van der Waals surface area contributed by atoms with Crippen molar-refractivity contribution in [2.24, 2.45) is 0 Å². The van der Waals surface area contributed by atoms with Crippen molar-refractivity contribution in [1.82, 2.24) is 4.90 Å². The fourth-order valence-electron chi connectivity index (χ4n) is 2.95. The van der Waals surface area contributed by atoms with Crippen molar-refractivity contribution >= 4 is 5.78 Å². The zero-order chi connectivity index (χ0) is 11.5. The quantitative estimate of drug-likeness (QED) is 0.735. The van der Waals surface area contributed by atoms with Crippen LogP contribution < -0.4 is 0 Å². The predicted octanol–water partition coefficient (Wildman–Crippen LogP) is 2.00. The molecule has 16 heavy (non-hydrogen) atoms. The number of nitrogens with zero attached hydrogens (tertiary/aromatic N) is 1. The predicted molar refractivity (Wildman–Crippen MR) is 63.5 cm³/mol. The maximum Gasteiger partial charge on any atom is 0.146 e. The van der Waals surface area contributed by atoms with Crippen molar-refractivity contribution in [2.45, 2.75) is 64.2 Å². The van der Waals surface area contributed by atoms with Gasteiger partial charge in [0.15, 0.2) is 0 Å². The van der Waals surface area contributed by atoms with E-state index in [4.69, 9.17) is 4.74 Å². The normalized spacial score (nSPS) is 36.5. The average Bonchev–Trinajstić information content (AvgIpc) is 2.64. The van der Waals surface area contributed by atoms with Crippen LogP contribution in [0, 0.1) is 0 Å². The molecule has 2 aliphatic heterocycles. The third-order valence-corrected chi connectivity index (χ3v) is 3.84. The summed E-state index contributed by atoms with van der Waals surface area (Å²) in [6.45, 7) is 5.88. The van der Waals surface area contributed by atoms with Gasteiger partial charge in [-0.2, -0.15) is 0 Å². The molecule has 0 N–H and O–H groups in total. The first-order valence-corrected chi connectivity index (χ1v) is 6.57. The van der Waals surface area contributed by atoms with Gasteiger partial charge >= 0.3 is 0 Å². The summed E-state index contributed by atoms with van der Waals surface area (Å²) in [4.78, 5) is 13.9. The largest absolute Gasteiger partial charge is 0.374 e. The first-order valence-electron chi connectivity index (χ1n) is 6.57. The fourth-order valence-corrected chi connectivity index (χ4v) is 2.95. The second-order valence-electron chi connectivity index (χ2n) is 5.26. The van der Waals surface area contributed by atoms with Gasteiger partial charge in [-0.1, -0.05) is 6.42 Å². The van der Waals surface area contributed by atoms with Gasteiger partial charge in [-0.05, 0) is 46.1 Å². The number of carbonyl (C=O) groups excluding carboxylic acids is 1. The number of likely N-dealkylation sites (tertiary alicyclic amines) is 1. The second-order valence-corrected chi connectivity index (χ2v) is 5.26. The lowest BCUT2D eigenvalue weighted by Crippen LogP contribution is -2.47. The van der Waals surface area contributed by atoms with Crippen molar-refractivity contribution in [3.63, 3.8) is 0 Å². The van der Waals surface area contributed by atoms with Crippen LogP contribution in [0.5, 0.6) is 0 Å². The summed E-state index contributed by atoms with van der Waals surface area (Å²) in [5, 5.41) is 0. The summed E-state index contributed by atoms with van der Waals surface area (Å²) in [6.07, 6.45) is 6.55. The van der Waals surface area contributed by atoms with Crippen molar-refractivity contribution in [1.29, 1.82) is 0 Å². The highest BCUT2D eigenvalue weighted by Crippen LogP contribution is 2.24. The lowest BCUT2D eigenvalue weighted by Gasteiger charge is -2.35. The van der Waals surface area contributed by atoms with Crippen LogP contribution in [0.3, 0.4) is 0 Å². The lowest BCUT2D eigenvalue weighted by molar-refractivity contribution is -0.124. The molecule has 2 rings (SSSR count). The van der Waals surface area contributed by atoms with Crippen molar-refractivity contribution in [3.8, 4) is 0 Å². The van der Waals surface area contributed by atoms with Gasteiger partial charge in [0.2, 0.25) is 0 Å². The van der Waals surface area contributed by atoms with Crippen LogP contribution in [0.15, 0.2) is 0 Å². The topological polar surface area (TPSA) is 29.5 Å². The van der Waals surface area contributed by atoms with Gasteiger partial charge in [0.1, 0.15) is 5.78 Å². The zero-order valence-corrected chi connectivity index (χ0v) is 10.4. The van der Waals surface area contributed by atoms with Crippen LogP contribution in [0.2, 0.25) is 0 Å². The van der Waals surface area contributed by atoms with Gasteiger partial charge in [-0.15, -0.1) is 0 Å². The average molecular weight is 225 g/mol. The fraction of sp³-hybridized carbons (Fsp3) is 0.923. The number of ketones is 1. The number of carbonyl (C=O) groups is 1. The smallest absolute Gasteiger partial charge is 0.146 e. The molecule has 3 nitrogen and oxygen atoms in total. The molecule has 0 aliphatic carbocycles. The SMILES string of the molecule is CC(=O)C1CCCCN1CC1CCC(C)O1. The zero-order valence-electron chi connectivity index (χ0n) is 10.4. The Morgan fingerprint density at radius 1 is 1.31 bits per heavy atom. The van der Waals surface area contributed by atoms with Gasteiger partial charge in [-0.25, -0.2) is 0 Å². The third kappa shape index (κ3) is 2.83. The van der Waals surface area contributed by atoms with Gasteiger partial charge in [0.25, 0.3) is 0 Å². The summed E-state index contributed by atoms with van der Waals surface area (Å²) in [5.41, 5.74) is 0. The molecule has 0 saturated carbocycles. The van der Waals surface area contributed by atoms with E-state index < -0.39 is 0 Å². The Kier molecular flexibility index (Phi) is 3.98. The van der Waals surface area contributed by atoms with E-state index in [0.29, 0.717) is 18.0 Å². The van der Waals surface area contributed by atoms with Gasteiger partial charge in [0.05, 0.1) is 18.2 Å². The number of rotatable bonds is 3. The van der Waals surface area contributed by atoms with E-state index in [2.05, 4.69) is 11.8 Å². The summed E-state index contributed by atoms with van der Waals surface area (Å²) in [5.74, 6) is 0.325. The number of piperidine rings is 1. The Bertz CT molecular complexity index is 254. The Labute approximate surface area is 98.1 Å². The first kappa shape index (κ1) is 12.1. The molecule has 0 aromatic carbocycles. The highest BCUT2D eigenvalue weighted by Gasteiger charge is 2.30. The monoisotopic (exact) mass is 225 g/mol. The maximum atomic E-state index is 11.6. The van der Waals surface area contributed by atoms with E-state index in [-0.39, 0.29) is 6.04 Å². The van der Waals surface area contributed by atoms with Gasteiger partial charge < -0.3 is 4.74 Å². The number of Topliss-reactive ketones (excluding diaryl/α,β-unsaturated/α-hetero) is 1. The second kappa shape index (κ2) is 5.28. The number of hydrogen-bond acceptors (Lipinski definition) is 3. The summed E-state index contributed by atoms with van der Waals surface area (Å²) in [7, 11) is 0. The molecule has 2 heterocycles. The summed E-state index contributed by atoms with van der Waals surface area (Å²) >= 11 is 0. The molecule has 3 heteroatoms. The first-order chi connectivity index (χ1) is 7.66. The minimum Gasteiger partial charge on any atom is -0.374 e. The summed E-state index contributed by atoms with van der Waals surface area (Å²) in [6, 6.07) is 0.160. The van der Waals surface area contributed by atoms with E-state index in [0.717, 1.165) is 25.9 Å². The Morgan fingerprint density at radius 2 is 2.12 bits per heavy atom.